The van der Waals surface area contributed by atoms with Crippen LogP contribution in [0.3, 0.4) is 0 Å². The number of fused-ring (bicyclic) bond motifs is 3. The minimum absolute atomic E-state index is 0.258. The van der Waals surface area contributed by atoms with Crippen LogP contribution in [-0.2, 0) is 20.7 Å². The summed E-state index contributed by atoms with van der Waals surface area (Å²) >= 11 is 3.47. The van der Waals surface area contributed by atoms with Crippen molar-refractivity contribution in [2.24, 2.45) is 5.92 Å². The molecule has 1 aliphatic carbocycles. The number of ether oxygens (including phenoxy) is 3. The first-order valence-corrected chi connectivity index (χ1v) is 12.4. The standard InChI is InChI=1S/C27H27BrN2O6/c1-34-13-12-30-25(32)21-22(16-6-4-3-5-7-16)27(17-8-10-18(28)11-9-17)26(33,24(21)31)23-19(35-2)14-29-15-20(23)36-27/h3-11,14-15,21-22,24,31,33H,12-13H2,1-2H3,(H,30,32). The van der Waals surface area contributed by atoms with Gasteiger partial charge in [-0.1, -0.05) is 58.4 Å². The monoisotopic (exact) mass is 554 g/mol. The van der Waals surface area contributed by atoms with Gasteiger partial charge in [0.2, 0.25) is 5.91 Å². The number of halogens is 1. The van der Waals surface area contributed by atoms with Gasteiger partial charge in [-0.2, -0.15) is 0 Å². The van der Waals surface area contributed by atoms with Crippen molar-refractivity contribution in [3.8, 4) is 11.5 Å². The minimum atomic E-state index is -2.03. The van der Waals surface area contributed by atoms with Crippen molar-refractivity contribution in [1.29, 1.82) is 0 Å². The maximum absolute atomic E-state index is 13.6. The molecule has 36 heavy (non-hydrogen) atoms. The summed E-state index contributed by atoms with van der Waals surface area (Å²) in [4.78, 5) is 17.8. The molecular formula is C27H27BrN2O6. The van der Waals surface area contributed by atoms with Gasteiger partial charge in [0.1, 0.15) is 17.6 Å². The van der Waals surface area contributed by atoms with Crippen LogP contribution in [-0.4, -0.2) is 54.6 Å². The lowest BCUT2D eigenvalue weighted by Crippen LogP contribution is -2.52. The fourth-order valence-corrected chi connectivity index (χ4v) is 6.04. The zero-order valence-electron chi connectivity index (χ0n) is 19.8. The van der Waals surface area contributed by atoms with Gasteiger partial charge in [0.15, 0.2) is 11.2 Å². The molecule has 188 valence electrons. The summed E-state index contributed by atoms with van der Waals surface area (Å²) in [6.45, 7) is 0.569. The number of aliphatic hydroxyl groups is 2. The molecule has 9 heteroatoms. The molecule has 1 aromatic heterocycles. The number of hydrogen-bond acceptors (Lipinski definition) is 7. The van der Waals surface area contributed by atoms with Crippen molar-refractivity contribution < 1.29 is 29.2 Å². The molecule has 1 amide bonds. The third kappa shape index (κ3) is 3.45. The van der Waals surface area contributed by atoms with Gasteiger partial charge in [-0.3, -0.25) is 9.78 Å². The van der Waals surface area contributed by atoms with Crippen molar-refractivity contribution in [2.45, 2.75) is 23.2 Å². The van der Waals surface area contributed by atoms with Crippen molar-refractivity contribution in [3.63, 3.8) is 0 Å². The zero-order valence-corrected chi connectivity index (χ0v) is 21.4. The highest BCUT2D eigenvalue weighted by atomic mass is 79.9. The Morgan fingerprint density at radius 3 is 2.53 bits per heavy atom. The van der Waals surface area contributed by atoms with E-state index in [1.165, 1.54) is 19.5 Å². The largest absolute Gasteiger partial charge is 0.495 e. The highest BCUT2D eigenvalue weighted by Crippen LogP contribution is 2.69. The van der Waals surface area contributed by atoms with Crippen LogP contribution in [0.4, 0.5) is 0 Å². The van der Waals surface area contributed by atoms with Crippen LogP contribution in [0.1, 0.15) is 22.6 Å². The topological polar surface area (TPSA) is 110 Å². The van der Waals surface area contributed by atoms with Gasteiger partial charge >= 0.3 is 0 Å². The molecule has 8 nitrogen and oxygen atoms in total. The van der Waals surface area contributed by atoms with E-state index in [0.717, 1.165) is 10.0 Å². The first-order valence-electron chi connectivity index (χ1n) is 11.6. The van der Waals surface area contributed by atoms with E-state index in [1.807, 2.05) is 54.6 Å². The summed E-state index contributed by atoms with van der Waals surface area (Å²) in [5.41, 5.74) is -1.98. The van der Waals surface area contributed by atoms with Crippen molar-refractivity contribution in [1.82, 2.24) is 10.3 Å². The lowest BCUT2D eigenvalue weighted by Gasteiger charge is -2.40. The van der Waals surface area contributed by atoms with Gasteiger partial charge in [0, 0.05) is 24.0 Å². The SMILES string of the molecule is COCCNC(=O)C1C(O)C2(O)c3c(OC)cncc3OC2(c2ccc(Br)cc2)C1c1ccccc1. The van der Waals surface area contributed by atoms with E-state index in [4.69, 9.17) is 14.2 Å². The van der Waals surface area contributed by atoms with Crippen LogP contribution in [0.15, 0.2) is 71.5 Å². The van der Waals surface area contributed by atoms with E-state index < -0.39 is 35.0 Å². The molecule has 1 fully saturated rings. The molecular weight excluding hydrogens is 528 g/mol. The number of nitrogens with zero attached hydrogens (tertiary/aromatic N) is 1. The lowest BCUT2D eigenvalue weighted by atomic mass is 9.70. The van der Waals surface area contributed by atoms with Crippen LogP contribution < -0.4 is 14.8 Å². The number of carbonyl (C=O) groups excluding carboxylic acids is 1. The number of nitrogens with one attached hydrogen (secondary N) is 1. The number of carbonyl (C=O) groups is 1. The summed E-state index contributed by atoms with van der Waals surface area (Å²) in [6, 6.07) is 16.7. The summed E-state index contributed by atoms with van der Waals surface area (Å²) in [5.74, 6) is -1.67. The Balaban J connectivity index is 1.80. The number of hydrogen-bond donors (Lipinski definition) is 3. The third-order valence-electron chi connectivity index (χ3n) is 7.22. The maximum atomic E-state index is 13.6. The fraction of sp³-hybridized carbons (Fsp3) is 0.333. The molecule has 5 rings (SSSR count). The van der Waals surface area contributed by atoms with E-state index in [0.29, 0.717) is 12.2 Å². The fourth-order valence-electron chi connectivity index (χ4n) is 5.78. The Labute approximate surface area is 217 Å². The van der Waals surface area contributed by atoms with Crippen LogP contribution in [0.2, 0.25) is 0 Å². The molecule has 0 saturated heterocycles. The molecule has 1 aliphatic heterocycles. The van der Waals surface area contributed by atoms with Gasteiger partial charge < -0.3 is 29.7 Å². The number of aromatic nitrogens is 1. The van der Waals surface area contributed by atoms with Crippen LogP contribution >= 0.6 is 15.9 Å². The van der Waals surface area contributed by atoms with E-state index in [1.54, 1.807) is 7.11 Å². The van der Waals surface area contributed by atoms with Crippen molar-refractivity contribution >= 4 is 21.8 Å². The number of aliphatic hydroxyl groups excluding tert-OH is 1. The summed E-state index contributed by atoms with van der Waals surface area (Å²) in [6.07, 6.45) is 1.43. The van der Waals surface area contributed by atoms with E-state index in [2.05, 4.69) is 26.2 Å². The molecule has 0 spiro atoms. The highest BCUT2D eigenvalue weighted by molar-refractivity contribution is 9.10. The molecule has 2 aromatic carbocycles. The normalized spacial score (nSPS) is 28.2. The molecule has 0 radical (unpaired) electrons. The minimum Gasteiger partial charge on any atom is -0.495 e. The second-order valence-electron chi connectivity index (χ2n) is 8.97. The second-order valence-corrected chi connectivity index (χ2v) is 9.88. The molecule has 3 N–H and O–H groups in total. The molecule has 5 atom stereocenters. The second kappa shape index (κ2) is 9.48. The predicted molar refractivity (Wildman–Crippen MR) is 135 cm³/mol. The first kappa shape index (κ1) is 24.7. The number of methoxy groups -OCH3 is 2. The quantitative estimate of drug-likeness (QED) is 0.385. The van der Waals surface area contributed by atoms with Gasteiger partial charge in [-0.05, 0) is 23.3 Å². The Hall–Kier alpha value is -2.98. The Morgan fingerprint density at radius 2 is 1.86 bits per heavy atom. The Kier molecular flexibility index (Phi) is 6.50. The first-order chi connectivity index (χ1) is 17.4. The van der Waals surface area contributed by atoms with Gasteiger partial charge in [-0.15, -0.1) is 0 Å². The summed E-state index contributed by atoms with van der Waals surface area (Å²) in [7, 11) is 3.01. The van der Waals surface area contributed by atoms with E-state index >= 15 is 0 Å². The average molecular weight is 555 g/mol. The molecule has 2 aliphatic rings. The van der Waals surface area contributed by atoms with E-state index in [-0.39, 0.29) is 23.6 Å². The molecule has 2 heterocycles. The zero-order chi connectivity index (χ0) is 25.5. The molecule has 3 aromatic rings. The van der Waals surface area contributed by atoms with Gasteiger partial charge in [-0.25, -0.2) is 0 Å². The van der Waals surface area contributed by atoms with Gasteiger partial charge in [0.05, 0.1) is 37.6 Å². The third-order valence-corrected chi connectivity index (χ3v) is 7.75. The van der Waals surface area contributed by atoms with Crippen LogP contribution in [0.25, 0.3) is 0 Å². The molecule has 5 unspecified atom stereocenters. The number of pyridine rings is 1. The number of amides is 1. The Bertz CT molecular complexity index is 1260. The lowest BCUT2D eigenvalue weighted by molar-refractivity contribution is -0.154. The number of benzene rings is 2. The van der Waals surface area contributed by atoms with Crippen LogP contribution in [0, 0.1) is 5.92 Å². The molecule has 1 saturated carbocycles. The molecule has 0 bridgehead atoms. The average Bonchev–Trinajstić information content (AvgIpc) is 3.28. The van der Waals surface area contributed by atoms with Gasteiger partial charge in [0.25, 0.3) is 0 Å². The van der Waals surface area contributed by atoms with Crippen LogP contribution in [0.5, 0.6) is 11.5 Å². The summed E-state index contributed by atoms with van der Waals surface area (Å²) in [5, 5.41) is 27.4. The van der Waals surface area contributed by atoms with Crippen molar-refractivity contribution in [2.75, 3.05) is 27.4 Å². The highest BCUT2D eigenvalue weighted by Gasteiger charge is 2.78. The van der Waals surface area contributed by atoms with E-state index in [9.17, 15) is 15.0 Å². The predicted octanol–water partition coefficient (Wildman–Crippen LogP) is 2.87. The Morgan fingerprint density at radius 1 is 1.14 bits per heavy atom. The summed E-state index contributed by atoms with van der Waals surface area (Å²) < 4.78 is 18.1. The number of rotatable bonds is 7. The smallest absolute Gasteiger partial charge is 0.226 e. The van der Waals surface area contributed by atoms with Crippen molar-refractivity contribution in [3.05, 3.63) is 88.2 Å². The maximum Gasteiger partial charge on any atom is 0.226 e.